The maximum Gasteiger partial charge on any atom is 0.325 e. The Bertz CT molecular complexity index is 241. The van der Waals surface area contributed by atoms with Crippen molar-refractivity contribution in [3.05, 3.63) is 0 Å². The molecule has 0 aromatic heterocycles. The molecule has 0 aliphatic carbocycles. The van der Waals surface area contributed by atoms with Crippen molar-refractivity contribution in [3.63, 3.8) is 0 Å². The lowest BCUT2D eigenvalue weighted by Gasteiger charge is -2.16. The number of hydrogen-bond acceptors (Lipinski definition) is 3. The van der Waals surface area contributed by atoms with Gasteiger partial charge in [0.2, 0.25) is 5.91 Å². The normalized spacial score (nSPS) is 10.2. The van der Waals surface area contributed by atoms with Gasteiger partial charge in [0.25, 0.3) is 0 Å². The minimum atomic E-state index is -0.307. The molecule has 0 spiro atoms. The highest BCUT2D eigenvalue weighted by atomic mass is 16.5. The lowest BCUT2D eigenvalue weighted by atomic mass is 10.2. The van der Waals surface area contributed by atoms with Gasteiger partial charge in [0, 0.05) is 13.5 Å². The zero-order valence-corrected chi connectivity index (χ0v) is 12.0. The molecule has 0 radical (unpaired) electrons. The molecule has 0 aliphatic heterocycles. The summed E-state index contributed by atoms with van der Waals surface area (Å²) in [4.78, 5) is 24.5. The number of likely N-dealkylation sites (N-methyl/N-ethyl adjacent to an activating group) is 1. The third kappa shape index (κ3) is 9.02. The van der Waals surface area contributed by atoms with Gasteiger partial charge in [0.15, 0.2) is 0 Å². The van der Waals surface area contributed by atoms with Crippen LogP contribution in [0.1, 0.15) is 58.8 Å². The van der Waals surface area contributed by atoms with E-state index in [-0.39, 0.29) is 18.4 Å². The minimum Gasteiger partial charge on any atom is -0.464 e. The van der Waals surface area contributed by atoms with Gasteiger partial charge in [-0.15, -0.1) is 0 Å². The quantitative estimate of drug-likeness (QED) is 0.446. The third-order valence-electron chi connectivity index (χ3n) is 2.80. The zero-order valence-electron chi connectivity index (χ0n) is 12.0. The van der Waals surface area contributed by atoms with Crippen LogP contribution in [0.3, 0.4) is 0 Å². The number of ether oxygens (including phenoxy) is 1. The van der Waals surface area contributed by atoms with Gasteiger partial charge in [-0.05, 0) is 12.8 Å². The van der Waals surface area contributed by atoms with Crippen molar-refractivity contribution in [1.82, 2.24) is 4.90 Å². The summed E-state index contributed by atoms with van der Waals surface area (Å²) in [6.07, 6.45) is 6.71. The monoisotopic (exact) mass is 257 g/mol. The predicted octanol–water partition coefficient (Wildman–Crippen LogP) is 2.76. The Labute approximate surface area is 111 Å². The third-order valence-corrected chi connectivity index (χ3v) is 2.80. The molecule has 0 bridgehead atoms. The van der Waals surface area contributed by atoms with Crippen molar-refractivity contribution < 1.29 is 14.3 Å². The summed E-state index contributed by atoms with van der Waals surface area (Å²) >= 11 is 0. The number of nitrogens with zero attached hydrogens (tertiary/aromatic N) is 1. The first-order valence-corrected chi connectivity index (χ1v) is 7.01. The Balaban J connectivity index is 3.63. The van der Waals surface area contributed by atoms with E-state index in [0.29, 0.717) is 13.0 Å². The Morgan fingerprint density at radius 3 is 2.28 bits per heavy atom. The Kier molecular flexibility index (Phi) is 10.4. The van der Waals surface area contributed by atoms with Crippen molar-refractivity contribution in [1.29, 1.82) is 0 Å². The first-order valence-electron chi connectivity index (χ1n) is 7.01. The topological polar surface area (TPSA) is 46.6 Å². The molecule has 18 heavy (non-hydrogen) atoms. The van der Waals surface area contributed by atoms with Gasteiger partial charge in [-0.1, -0.05) is 39.5 Å². The first-order chi connectivity index (χ1) is 8.61. The van der Waals surface area contributed by atoms with Crippen molar-refractivity contribution in [2.75, 3.05) is 20.2 Å². The van der Waals surface area contributed by atoms with Gasteiger partial charge in [-0.25, -0.2) is 0 Å². The molecule has 1 amide bonds. The maximum absolute atomic E-state index is 11.6. The summed E-state index contributed by atoms with van der Waals surface area (Å²) in [5.74, 6) is -0.293. The average Bonchev–Trinajstić information content (AvgIpc) is 2.35. The maximum atomic E-state index is 11.6. The van der Waals surface area contributed by atoms with Crippen molar-refractivity contribution in [2.45, 2.75) is 58.8 Å². The summed E-state index contributed by atoms with van der Waals surface area (Å²) in [5.41, 5.74) is 0. The second-order valence-electron chi connectivity index (χ2n) is 4.63. The molecule has 0 rings (SSSR count). The standard InChI is InChI=1S/C14H27NO3/c1-4-6-8-9-11-18-14(17)12-15(3)13(16)10-7-5-2/h4-12H2,1-3H3. The summed E-state index contributed by atoms with van der Waals surface area (Å²) in [7, 11) is 1.65. The van der Waals surface area contributed by atoms with Crippen LogP contribution in [0.25, 0.3) is 0 Å². The van der Waals surface area contributed by atoms with Crippen LogP contribution in [0.4, 0.5) is 0 Å². The van der Waals surface area contributed by atoms with Crippen LogP contribution in [-0.4, -0.2) is 37.0 Å². The average molecular weight is 257 g/mol. The van der Waals surface area contributed by atoms with Crippen LogP contribution in [0.2, 0.25) is 0 Å². The van der Waals surface area contributed by atoms with Crippen molar-refractivity contribution >= 4 is 11.9 Å². The fraction of sp³-hybridized carbons (Fsp3) is 0.857. The number of hydrogen-bond donors (Lipinski definition) is 0. The highest BCUT2D eigenvalue weighted by molar-refractivity contribution is 5.81. The molecule has 106 valence electrons. The number of amides is 1. The number of rotatable bonds is 10. The molecule has 0 aromatic rings. The highest BCUT2D eigenvalue weighted by Gasteiger charge is 2.12. The molecule has 4 nitrogen and oxygen atoms in total. The Morgan fingerprint density at radius 1 is 1.00 bits per heavy atom. The van der Waals surface area contributed by atoms with E-state index in [4.69, 9.17) is 4.74 Å². The molecule has 0 unspecified atom stereocenters. The number of carbonyl (C=O) groups is 2. The lowest BCUT2D eigenvalue weighted by Crippen LogP contribution is -2.32. The van der Waals surface area contributed by atoms with Crippen molar-refractivity contribution in [3.8, 4) is 0 Å². The minimum absolute atomic E-state index is 0.0137. The number of unbranched alkanes of at least 4 members (excludes halogenated alkanes) is 4. The van der Waals surface area contributed by atoms with Gasteiger partial charge in [-0.2, -0.15) is 0 Å². The van der Waals surface area contributed by atoms with Crippen LogP contribution >= 0.6 is 0 Å². The van der Waals surface area contributed by atoms with E-state index in [1.807, 2.05) is 6.92 Å². The van der Waals surface area contributed by atoms with Crippen LogP contribution in [0.15, 0.2) is 0 Å². The van der Waals surface area contributed by atoms with E-state index in [1.165, 1.54) is 17.7 Å². The van der Waals surface area contributed by atoms with Gasteiger partial charge in [0.1, 0.15) is 6.54 Å². The highest BCUT2D eigenvalue weighted by Crippen LogP contribution is 2.01. The van der Waals surface area contributed by atoms with E-state index < -0.39 is 0 Å². The summed E-state index contributed by atoms with van der Waals surface area (Å²) in [5, 5.41) is 0. The van der Waals surface area contributed by atoms with Gasteiger partial charge < -0.3 is 9.64 Å². The Morgan fingerprint density at radius 2 is 1.67 bits per heavy atom. The molecule has 0 aromatic carbocycles. The van der Waals surface area contributed by atoms with Gasteiger partial charge >= 0.3 is 5.97 Å². The number of esters is 1. The second kappa shape index (κ2) is 11.1. The molecule has 0 N–H and O–H groups in total. The number of carbonyl (C=O) groups excluding carboxylic acids is 2. The molecular formula is C14H27NO3. The molecule has 0 atom stereocenters. The van der Waals surface area contributed by atoms with E-state index in [0.717, 1.165) is 25.7 Å². The van der Waals surface area contributed by atoms with Gasteiger partial charge in [-0.3, -0.25) is 9.59 Å². The van der Waals surface area contributed by atoms with E-state index in [2.05, 4.69) is 6.92 Å². The molecule has 0 saturated carbocycles. The molecule has 0 aliphatic rings. The summed E-state index contributed by atoms with van der Waals surface area (Å²) in [6, 6.07) is 0. The molecule has 0 heterocycles. The van der Waals surface area contributed by atoms with E-state index in [1.54, 1.807) is 7.05 Å². The Hall–Kier alpha value is -1.06. The van der Waals surface area contributed by atoms with Crippen LogP contribution in [0.5, 0.6) is 0 Å². The molecule has 0 fully saturated rings. The first kappa shape index (κ1) is 16.9. The van der Waals surface area contributed by atoms with Crippen molar-refractivity contribution in [2.24, 2.45) is 0 Å². The van der Waals surface area contributed by atoms with E-state index >= 15 is 0 Å². The van der Waals surface area contributed by atoms with Crippen LogP contribution in [-0.2, 0) is 14.3 Å². The van der Waals surface area contributed by atoms with Crippen LogP contribution < -0.4 is 0 Å². The summed E-state index contributed by atoms with van der Waals surface area (Å²) < 4.78 is 5.08. The molecule has 0 saturated heterocycles. The van der Waals surface area contributed by atoms with Gasteiger partial charge in [0.05, 0.1) is 6.61 Å². The lowest BCUT2D eigenvalue weighted by molar-refractivity contribution is -0.148. The fourth-order valence-electron chi connectivity index (χ4n) is 1.56. The largest absolute Gasteiger partial charge is 0.464 e. The molecule has 4 heteroatoms. The zero-order chi connectivity index (χ0) is 13.8. The predicted molar refractivity (Wildman–Crippen MR) is 72.3 cm³/mol. The molecular weight excluding hydrogens is 230 g/mol. The fourth-order valence-corrected chi connectivity index (χ4v) is 1.56. The smallest absolute Gasteiger partial charge is 0.325 e. The van der Waals surface area contributed by atoms with Crippen LogP contribution in [0, 0.1) is 0 Å². The van der Waals surface area contributed by atoms with E-state index in [9.17, 15) is 9.59 Å². The SMILES string of the molecule is CCCCCCOC(=O)CN(C)C(=O)CCCC. The second-order valence-corrected chi connectivity index (χ2v) is 4.63. The summed E-state index contributed by atoms with van der Waals surface area (Å²) in [6.45, 7) is 4.72.